The van der Waals surface area contributed by atoms with Crippen LogP contribution in [0.3, 0.4) is 0 Å². The molecule has 0 saturated carbocycles. The molecule has 154 valence electrons. The summed E-state index contributed by atoms with van der Waals surface area (Å²) in [7, 11) is -3.60. The van der Waals surface area contributed by atoms with E-state index in [1.54, 1.807) is 47.8 Å². The number of carbonyl (C=O) groups excluding carboxylic acids is 1. The van der Waals surface area contributed by atoms with Gasteiger partial charge < -0.3 is 4.74 Å². The highest BCUT2D eigenvalue weighted by Crippen LogP contribution is 2.16. The SMILES string of the molecule is CCOC(=O)CSc1ccc2nnc(CCNS(=O)(=O)c3ccc(C)cc3)n2n1. The third kappa shape index (κ3) is 5.52. The molecule has 0 saturated heterocycles. The first-order valence-electron chi connectivity index (χ1n) is 8.95. The number of hydrogen-bond acceptors (Lipinski definition) is 8. The molecule has 0 fully saturated rings. The topological polar surface area (TPSA) is 116 Å². The number of aryl methyl sites for hydroxylation is 1. The van der Waals surface area contributed by atoms with Crippen molar-refractivity contribution in [2.75, 3.05) is 18.9 Å². The van der Waals surface area contributed by atoms with Crippen LogP contribution in [0.25, 0.3) is 5.65 Å². The molecule has 0 atom stereocenters. The monoisotopic (exact) mass is 435 g/mol. The van der Waals surface area contributed by atoms with E-state index in [0.29, 0.717) is 29.5 Å². The zero-order valence-corrected chi connectivity index (χ0v) is 17.7. The summed E-state index contributed by atoms with van der Waals surface area (Å²) in [6.45, 7) is 4.13. The van der Waals surface area contributed by atoms with Crippen molar-refractivity contribution in [2.24, 2.45) is 0 Å². The minimum atomic E-state index is -3.60. The number of rotatable bonds is 9. The molecule has 2 aromatic heterocycles. The Morgan fingerprint density at radius 1 is 1.17 bits per heavy atom. The van der Waals surface area contributed by atoms with Gasteiger partial charge in [0.05, 0.1) is 17.3 Å². The van der Waals surface area contributed by atoms with Crippen LogP contribution in [0.4, 0.5) is 0 Å². The van der Waals surface area contributed by atoms with Crippen molar-refractivity contribution in [3.63, 3.8) is 0 Å². The fraction of sp³-hybridized carbons (Fsp3) is 0.333. The first-order chi connectivity index (χ1) is 13.9. The Morgan fingerprint density at radius 2 is 1.93 bits per heavy atom. The number of ether oxygens (including phenoxy) is 1. The zero-order valence-electron chi connectivity index (χ0n) is 16.0. The summed E-state index contributed by atoms with van der Waals surface area (Å²) in [5, 5.41) is 13.2. The second-order valence-electron chi connectivity index (χ2n) is 6.11. The van der Waals surface area contributed by atoms with Gasteiger partial charge in [-0.2, -0.15) is 9.61 Å². The number of esters is 1. The van der Waals surface area contributed by atoms with E-state index >= 15 is 0 Å². The lowest BCUT2D eigenvalue weighted by Gasteiger charge is -2.07. The average Bonchev–Trinajstić information content (AvgIpc) is 3.09. The Balaban J connectivity index is 1.64. The van der Waals surface area contributed by atoms with E-state index in [0.717, 1.165) is 5.56 Å². The molecule has 0 aliphatic heterocycles. The summed E-state index contributed by atoms with van der Waals surface area (Å²) < 4.78 is 33.8. The molecule has 3 rings (SSSR count). The van der Waals surface area contributed by atoms with Gasteiger partial charge in [0.2, 0.25) is 10.0 Å². The van der Waals surface area contributed by atoms with Crippen LogP contribution >= 0.6 is 11.8 Å². The van der Waals surface area contributed by atoms with Crippen LogP contribution in [0.2, 0.25) is 0 Å². The van der Waals surface area contributed by atoms with Gasteiger partial charge in [-0.1, -0.05) is 29.5 Å². The van der Waals surface area contributed by atoms with E-state index in [1.165, 1.54) is 11.8 Å². The number of nitrogens with one attached hydrogen (secondary N) is 1. The van der Waals surface area contributed by atoms with E-state index < -0.39 is 10.0 Å². The molecule has 2 heterocycles. The van der Waals surface area contributed by atoms with Gasteiger partial charge in [0.25, 0.3) is 0 Å². The third-order valence-corrected chi connectivity index (χ3v) is 6.29. The maximum absolute atomic E-state index is 12.4. The van der Waals surface area contributed by atoms with Gasteiger partial charge in [0.15, 0.2) is 11.5 Å². The van der Waals surface area contributed by atoms with Gasteiger partial charge in [-0.05, 0) is 38.1 Å². The van der Waals surface area contributed by atoms with Crippen LogP contribution in [-0.4, -0.2) is 53.1 Å². The van der Waals surface area contributed by atoms with Crippen molar-refractivity contribution >= 4 is 33.4 Å². The molecular weight excluding hydrogens is 414 g/mol. The summed E-state index contributed by atoms with van der Waals surface area (Å²) in [5.41, 5.74) is 1.53. The Morgan fingerprint density at radius 3 is 2.66 bits per heavy atom. The van der Waals surface area contributed by atoms with Gasteiger partial charge >= 0.3 is 5.97 Å². The zero-order chi connectivity index (χ0) is 20.9. The van der Waals surface area contributed by atoms with E-state index in [-0.39, 0.29) is 23.2 Å². The van der Waals surface area contributed by atoms with Crippen molar-refractivity contribution in [3.05, 3.63) is 47.8 Å². The molecule has 0 bridgehead atoms. The standard InChI is InChI=1S/C18H21N5O4S2/c1-3-27-18(24)12-28-17-9-8-15-20-21-16(23(15)22-17)10-11-19-29(25,26)14-6-4-13(2)5-7-14/h4-9,19H,3,10-12H2,1-2H3. The van der Waals surface area contributed by atoms with E-state index in [4.69, 9.17) is 4.74 Å². The fourth-order valence-corrected chi connectivity index (χ4v) is 4.17. The summed E-state index contributed by atoms with van der Waals surface area (Å²) in [6.07, 6.45) is 0.311. The van der Waals surface area contributed by atoms with Gasteiger partial charge in [0.1, 0.15) is 5.03 Å². The highest BCUT2D eigenvalue weighted by molar-refractivity contribution is 7.99. The summed E-state index contributed by atoms with van der Waals surface area (Å²) in [5.74, 6) is 0.360. The maximum Gasteiger partial charge on any atom is 0.316 e. The predicted molar refractivity (Wildman–Crippen MR) is 108 cm³/mol. The first kappa shape index (κ1) is 21.2. The van der Waals surface area contributed by atoms with Crippen molar-refractivity contribution < 1.29 is 17.9 Å². The minimum Gasteiger partial charge on any atom is -0.465 e. The van der Waals surface area contributed by atoms with Crippen LogP contribution in [0.15, 0.2) is 46.3 Å². The molecule has 1 aromatic carbocycles. The van der Waals surface area contributed by atoms with Gasteiger partial charge in [-0.3, -0.25) is 4.79 Å². The van der Waals surface area contributed by atoms with Gasteiger partial charge in [-0.15, -0.1) is 10.2 Å². The number of fused-ring (bicyclic) bond motifs is 1. The Bertz CT molecular complexity index is 1100. The Hall–Kier alpha value is -2.50. The predicted octanol–water partition coefficient (Wildman–Crippen LogP) is 1.61. The fourth-order valence-electron chi connectivity index (χ4n) is 2.48. The number of carbonyl (C=O) groups is 1. The largest absolute Gasteiger partial charge is 0.465 e. The maximum atomic E-state index is 12.4. The van der Waals surface area contributed by atoms with E-state index in [9.17, 15) is 13.2 Å². The molecule has 0 radical (unpaired) electrons. The van der Waals surface area contributed by atoms with Gasteiger partial charge in [0, 0.05) is 13.0 Å². The normalized spacial score (nSPS) is 11.7. The van der Waals surface area contributed by atoms with Crippen LogP contribution in [0, 0.1) is 6.92 Å². The Labute approximate surface area is 172 Å². The Kier molecular flexibility index (Phi) is 6.83. The summed E-state index contributed by atoms with van der Waals surface area (Å²) in [4.78, 5) is 11.7. The lowest BCUT2D eigenvalue weighted by Crippen LogP contribution is -2.26. The first-order valence-corrected chi connectivity index (χ1v) is 11.4. The number of hydrogen-bond donors (Lipinski definition) is 1. The highest BCUT2D eigenvalue weighted by atomic mass is 32.2. The van der Waals surface area contributed by atoms with Crippen molar-refractivity contribution in [1.82, 2.24) is 24.5 Å². The van der Waals surface area contributed by atoms with Crippen molar-refractivity contribution in [2.45, 2.75) is 30.2 Å². The molecule has 1 N–H and O–H groups in total. The second kappa shape index (κ2) is 9.33. The number of sulfonamides is 1. The van der Waals surface area contributed by atoms with E-state index in [1.807, 2.05) is 6.92 Å². The molecule has 3 aromatic rings. The molecule has 0 aliphatic rings. The number of thioether (sulfide) groups is 1. The van der Waals surface area contributed by atoms with Crippen LogP contribution in [0.1, 0.15) is 18.3 Å². The molecule has 0 amide bonds. The molecule has 11 heteroatoms. The van der Waals surface area contributed by atoms with Crippen molar-refractivity contribution in [3.8, 4) is 0 Å². The highest BCUT2D eigenvalue weighted by Gasteiger charge is 2.15. The minimum absolute atomic E-state index is 0.152. The molecule has 9 nitrogen and oxygen atoms in total. The average molecular weight is 436 g/mol. The molecule has 29 heavy (non-hydrogen) atoms. The summed E-state index contributed by atoms with van der Waals surface area (Å²) >= 11 is 1.25. The number of nitrogens with zero attached hydrogens (tertiary/aromatic N) is 4. The van der Waals surface area contributed by atoms with Crippen LogP contribution in [-0.2, 0) is 26.0 Å². The molecule has 0 aliphatic carbocycles. The second-order valence-corrected chi connectivity index (χ2v) is 8.87. The van der Waals surface area contributed by atoms with Crippen LogP contribution < -0.4 is 4.72 Å². The third-order valence-electron chi connectivity index (χ3n) is 3.92. The molecular formula is C18H21N5O4S2. The van der Waals surface area contributed by atoms with Gasteiger partial charge in [-0.25, -0.2) is 13.1 Å². The lowest BCUT2D eigenvalue weighted by molar-refractivity contribution is -0.139. The number of aromatic nitrogens is 4. The quantitative estimate of drug-likeness (QED) is 0.398. The number of benzene rings is 1. The van der Waals surface area contributed by atoms with Crippen molar-refractivity contribution in [1.29, 1.82) is 0 Å². The molecule has 0 spiro atoms. The molecule has 0 unspecified atom stereocenters. The van der Waals surface area contributed by atoms with E-state index in [2.05, 4.69) is 20.0 Å². The smallest absolute Gasteiger partial charge is 0.316 e. The van der Waals surface area contributed by atoms with Crippen LogP contribution in [0.5, 0.6) is 0 Å². The summed E-state index contributed by atoms with van der Waals surface area (Å²) in [6, 6.07) is 10.1. The lowest BCUT2D eigenvalue weighted by atomic mass is 10.2.